The van der Waals surface area contributed by atoms with Crippen LogP contribution >= 0.6 is 0 Å². The van der Waals surface area contributed by atoms with Gasteiger partial charge >= 0.3 is 5.97 Å². The third-order valence-corrected chi connectivity index (χ3v) is 5.21. The van der Waals surface area contributed by atoms with Crippen LogP contribution in [0.3, 0.4) is 0 Å². The summed E-state index contributed by atoms with van der Waals surface area (Å²) in [5.74, 6) is -2.01. The third kappa shape index (κ3) is 4.29. The van der Waals surface area contributed by atoms with Crippen LogP contribution < -0.4 is 14.8 Å². The van der Waals surface area contributed by atoms with Gasteiger partial charge in [-0.1, -0.05) is 12.2 Å². The molecule has 0 bridgehead atoms. The van der Waals surface area contributed by atoms with Crippen LogP contribution in [0.5, 0.6) is 11.5 Å². The van der Waals surface area contributed by atoms with E-state index in [4.69, 9.17) is 14.2 Å². The first-order valence-electron chi connectivity index (χ1n) is 9.58. The van der Waals surface area contributed by atoms with E-state index in [1.165, 1.54) is 21.1 Å². The monoisotopic (exact) mass is 416 g/mol. The average Bonchev–Trinajstić information content (AvgIpc) is 2.98. The van der Waals surface area contributed by atoms with E-state index < -0.39 is 36.4 Å². The Morgan fingerprint density at radius 2 is 1.67 bits per heavy atom. The van der Waals surface area contributed by atoms with Crippen molar-refractivity contribution in [1.82, 2.24) is 4.90 Å². The molecule has 3 rings (SSSR count). The number of hydrogen-bond acceptors (Lipinski definition) is 7. The fourth-order valence-corrected chi connectivity index (χ4v) is 3.60. The molecule has 0 saturated carbocycles. The van der Waals surface area contributed by atoms with Crippen LogP contribution in [0.15, 0.2) is 30.4 Å². The summed E-state index contributed by atoms with van der Waals surface area (Å²) in [4.78, 5) is 50.4. The molecule has 1 aliphatic heterocycles. The summed E-state index contributed by atoms with van der Waals surface area (Å²) in [5.41, 5.74) is 0.432. The summed E-state index contributed by atoms with van der Waals surface area (Å²) < 4.78 is 15.5. The lowest BCUT2D eigenvalue weighted by Gasteiger charge is -2.17. The number of nitrogens with one attached hydrogen (secondary N) is 1. The quantitative estimate of drug-likeness (QED) is 0.408. The Morgan fingerprint density at radius 3 is 2.23 bits per heavy atom. The lowest BCUT2D eigenvalue weighted by atomic mass is 9.85. The van der Waals surface area contributed by atoms with Gasteiger partial charge in [0, 0.05) is 11.8 Å². The minimum Gasteiger partial charge on any atom is -0.493 e. The topological polar surface area (TPSA) is 111 Å². The van der Waals surface area contributed by atoms with E-state index >= 15 is 0 Å². The SMILES string of the molecule is COc1ccc(NC(=O)[C@@H](C)OC(=O)CN2C(=O)[C@H]3CC=CC[C@@H]3C2=O)cc1OC. The molecule has 0 radical (unpaired) electrons. The maximum absolute atomic E-state index is 12.4. The number of amides is 3. The van der Waals surface area contributed by atoms with Gasteiger partial charge in [0.05, 0.1) is 26.1 Å². The Kier molecular flexibility index (Phi) is 6.39. The zero-order valence-corrected chi connectivity index (χ0v) is 17.0. The molecule has 1 aromatic carbocycles. The first-order chi connectivity index (χ1) is 14.3. The molecule has 1 aromatic rings. The molecule has 160 valence electrons. The highest BCUT2D eigenvalue weighted by molar-refractivity contribution is 6.07. The van der Waals surface area contributed by atoms with E-state index in [0.29, 0.717) is 30.0 Å². The Hall–Kier alpha value is -3.36. The number of anilines is 1. The van der Waals surface area contributed by atoms with Crippen molar-refractivity contribution < 1.29 is 33.4 Å². The molecule has 30 heavy (non-hydrogen) atoms. The number of esters is 1. The number of nitrogens with zero attached hydrogens (tertiary/aromatic N) is 1. The minimum atomic E-state index is -1.12. The van der Waals surface area contributed by atoms with E-state index in [1.807, 2.05) is 12.2 Å². The van der Waals surface area contributed by atoms with Crippen LogP contribution in [0.1, 0.15) is 19.8 Å². The van der Waals surface area contributed by atoms with Crippen LogP contribution in [-0.2, 0) is 23.9 Å². The molecular weight excluding hydrogens is 392 g/mol. The lowest BCUT2D eigenvalue weighted by Crippen LogP contribution is -2.39. The molecule has 1 saturated heterocycles. The predicted molar refractivity (Wildman–Crippen MR) is 106 cm³/mol. The second kappa shape index (κ2) is 8.98. The smallest absolute Gasteiger partial charge is 0.326 e. The van der Waals surface area contributed by atoms with Crippen molar-refractivity contribution in [2.24, 2.45) is 11.8 Å². The van der Waals surface area contributed by atoms with Crippen molar-refractivity contribution in [3.8, 4) is 11.5 Å². The fourth-order valence-electron chi connectivity index (χ4n) is 3.60. The first kappa shape index (κ1) is 21.4. The van der Waals surface area contributed by atoms with Gasteiger partial charge in [0.2, 0.25) is 11.8 Å². The highest BCUT2D eigenvalue weighted by Crippen LogP contribution is 2.35. The van der Waals surface area contributed by atoms with Crippen LogP contribution in [0, 0.1) is 11.8 Å². The number of rotatable bonds is 7. The highest BCUT2D eigenvalue weighted by Gasteiger charge is 2.47. The second-order valence-corrected chi connectivity index (χ2v) is 7.11. The Balaban J connectivity index is 1.56. The Labute approximate surface area is 174 Å². The van der Waals surface area contributed by atoms with E-state index in [1.54, 1.807) is 18.2 Å². The van der Waals surface area contributed by atoms with Crippen LogP contribution in [0.25, 0.3) is 0 Å². The number of methoxy groups -OCH3 is 2. The van der Waals surface area contributed by atoms with E-state index in [2.05, 4.69) is 5.32 Å². The summed E-state index contributed by atoms with van der Waals surface area (Å²) in [6.45, 7) is 0.907. The van der Waals surface area contributed by atoms with E-state index in [9.17, 15) is 19.2 Å². The number of hydrogen-bond donors (Lipinski definition) is 1. The van der Waals surface area contributed by atoms with E-state index in [0.717, 1.165) is 4.90 Å². The zero-order valence-electron chi connectivity index (χ0n) is 17.0. The summed E-state index contributed by atoms with van der Waals surface area (Å²) in [7, 11) is 2.97. The average molecular weight is 416 g/mol. The number of carbonyl (C=O) groups excluding carboxylic acids is 4. The summed E-state index contributed by atoms with van der Waals surface area (Å²) in [6, 6.07) is 4.82. The first-order valence-corrected chi connectivity index (χ1v) is 9.58. The van der Waals surface area contributed by atoms with Crippen molar-refractivity contribution in [3.05, 3.63) is 30.4 Å². The summed E-state index contributed by atoms with van der Waals surface area (Å²) in [6.07, 6.45) is 3.60. The van der Waals surface area contributed by atoms with Crippen LogP contribution in [0.4, 0.5) is 5.69 Å². The minimum absolute atomic E-state index is 0.367. The summed E-state index contributed by atoms with van der Waals surface area (Å²) >= 11 is 0. The second-order valence-electron chi connectivity index (χ2n) is 7.11. The van der Waals surface area contributed by atoms with Crippen molar-refractivity contribution in [2.45, 2.75) is 25.9 Å². The van der Waals surface area contributed by atoms with Crippen molar-refractivity contribution in [1.29, 1.82) is 0 Å². The maximum Gasteiger partial charge on any atom is 0.326 e. The molecule has 9 nitrogen and oxygen atoms in total. The molecular formula is C21H24N2O7. The number of ether oxygens (including phenoxy) is 3. The highest BCUT2D eigenvalue weighted by atomic mass is 16.5. The third-order valence-electron chi connectivity index (χ3n) is 5.21. The van der Waals surface area contributed by atoms with Gasteiger partial charge in [-0.2, -0.15) is 0 Å². The Bertz CT molecular complexity index is 869. The number of fused-ring (bicyclic) bond motifs is 1. The number of allylic oxidation sites excluding steroid dienone is 2. The molecule has 3 amide bonds. The van der Waals surface area contributed by atoms with Crippen LogP contribution in [-0.4, -0.2) is 55.5 Å². The molecule has 9 heteroatoms. The number of carbonyl (C=O) groups is 4. The number of imide groups is 1. The van der Waals surface area contributed by atoms with Crippen molar-refractivity contribution >= 4 is 29.4 Å². The molecule has 1 heterocycles. The van der Waals surface area contributed by atoms with Gasteiger partial charge < -0.3 is 19.5 Å². The zero-order chi connectivity index (χ0) is 21.8. The Morgan fingerprint density at radius 1 is 1.07 bits per heavy atom. The molecule has 1 aliphatic carbocycles. The molecule has 1 N–H and O–H groups in total. The molecule has 1 fully saturated rings. The van der Waals surface area contributed by atoms with Gasteiger partial charge in [0.25, 0.3) is 5.91 Å². The van der Waals surface area contributed by atoms with Gasteiger partial charge in [-0.3, -0.25) is 24.1 Å². The number of benzene rings is 1. The molecule has 0 aromatic heterocycles. The van der Waals surface area contributed by atoms with Gasteiger partial charge in [0.15, 0.2) is 17.6 Å². The predicted octanol–water partition coefficient (Wildman–Crippen LogP) is 1.53. The fraction of sp³-hybridized carbons (Fsp3) is 0.429. The number of likely N-dealkylation sites (tertiary alicyclic amines) is 1. The van der Waals surface area contributed by atoms with Gasteiger partial charge in [-0.25, -0.2) is 0 Å². The van der Waals surface area contributed by atoms with Gasteiger partial charge in [0.1, 0.15) is 6.54 Å². The van der Waals surface area contributed by atoms with Gasteiger partial charge in [-0.05, 0) is 31.9 Å². The largest absolute Gasteiger partial charge is 0.493 e. The van der Waals surface area contributed by atoms with Crippen molar-refractivity contribution in [3.63, 3.8) is 0 Å². The maximum atomic E-state index is 12.4. The van der Waals surface area contributed by atoms with Gasteiger partial charge in [-0.15, -0.1) is 0 Å². The molecule has 3 atom stereocenters. The van der Waals surface area contributed by atoms with Crippen LogP contribution in [0.2, 0.25) is 0 Å². The molecule has 0 unspecified atom stereocenters. The molecule has 2 aliphatic rings. The lowest BCUT2D eigenvalue weighted by molar-refractivity contribution is -0.158. The summed E-state index contributed by atoms with van der Waals surface area (Å²) in [5, 5.41) is 2.62. The van der Waals surface area contributed by atoms with Crippen molar-refractivity contribution in [2.75, 3.05) is 26.1 Å². The standard InChI is InChI=1S/C21H24N2O7/c1-12(19(25)22-13-8-9-16(28-2)17(10-13)29-3)30-18(24)11-23-20(26)14-6-4-5-7-15(14)21(23)27/h4-5,8-10,12,14-15H,6-7,11H2,1-3H3,(H,22,25)/t12-,14+,15+/m1/s1. The van der Waals surface area contributed by atoms with E-state index in [-0.39, 0.29) is 11.8 Å². The molecule has 0 spiro atoms. The normalized spacial score (nSPS) is 21.1.